The molecule has 0 aliphatic heterocycles. The highest BCUT2D eigenvalue weighted by atomic mass is 32.1. The van der Waals surface area contributed by atoms with Crippen LogP contribution < -0.4 is 0 Å². The molecular weight excluding hydrogens is 278 g/mol. The normalized spacial score (nSPS) is 12.3. The number of hydrogen-bond acceptors (Lipinski definition) is 7. The predicted octanol–water partition coefficient (Wildman–Crippen LogP) is 3.24. The monoisotopic (exact) mass is 295 g/mol. The molecule has 0 bridgehead atoms. The molecule has 7 heteroatoms. The van der Waals surface area contributed by atoms with E-state index in [1.165, 1.54) is 6.26 Å². The van der Waals surface area contributed by atoms with Crippen LogP contribution in [0.2, 0.25) is 0 Å². The highest BCUT2D eigenvalue weighted by molar-refractivity contribution is 7.08. The molecule has 0 aliphatic rings. The first-order chi connectivity index (χ1) is 9.61. The summed E-state index contributed by atoms with van der Waals surface area (Å²) in [5.41, 5.74) is 0.920. The second-order valence-corrected chi connectivity index (χ2v) is 5.31. The van der Waals surface area contributed by atoms with Gasteiger partial charge in [-0.3, -0.25) is 0 Å². The molecule has 0 amide bonds. The number of oxazole rings is 1. The molecule has 0 fully saturated rings. The van der Waals surface area contributed by atoms with Crippen molar-refractivity contribution in [2.75, 3.05) is 0 Å². The van der Waals surface area contributed by atoms with E-state index in [1.807, 2.05) is 6.92 Å². The Labute approximate surface area is 121 Å². The van der Waals surface area contributed by atoms with Crippen LogP contribution >= 0.6 is 11.5 Å². The van der Waals surface area contributed by atoms with E-state index in [1.54, 1.807) is 6.92 Å². The average molecular weight is 295 g/mol. The van der Waals surface area contributed by atoms with E-state index < -0.39 is 5.97 Å². The third kappa shape index (κ3) is 3.41. The first kappa shape index (κ1) is 14.6. The van der Waals surface area contributed by atoms with E-state index in [4.69, 9.17) is 9.15 Å². The van der Waals surface area contributed by atoms with Crippen LogP contribution in [0, 0.1) is 6.92 Å². The number of aromatic nitrogens is 3. The summed E-state index contributed by atoms with van der Waals surface area (Å²) in [5.74, 6) is 0.114. The highest BCUT2D eigenvalue weighted by Crippen LogP contribution is 2.24. The van der Waals surface area contributed by atoms with E-state index in [9.17, 15) is 4.79 Å². The van der Waals surface area contributed by atoms with E-state index in [0.717, 1.165) is 30.8 Å². The molecule has 0 radical (unpaired) electrons. The van der Waals surface area contributed by atoms with Gasteiger partial charge in [0.2, 0.25) is 0 Å². The summed E-state index contributed by atoms with van der Waals surface area (Å²) in [6, 6.07) is 0. The van der Waals surface area contributed by atoms with E-state index >= 15 is 0 Å². The molecular formula is C13H17N3O3S. The number of ether oxygens (including phenoxy) is 1. The maximum absolute atomic E-state index is 12.1. The average Bonchev–Trinajstić information content (AvgIpc) is 3.04. The molecule has 20 heavy (non-hydrogen) atoms. The standard InChI is InChI=1S/C13H17N3O3S/c1-4-5-6-8(2)19-13(17)12-11(15-16-20-12)10-7-18-9(3)14-10/h7-8H,4-6H2,1-3H3/t8-/m1/s1. The maximum atomic E-state index is 12.1. The Morgan fingerprint density at radius 3 is 3.00 bits per heavy atom. The van der Waals surface area contributed by atoms with Gasteiger partial charge in [-0.1, -0.05) is 24.3 Å². The fraction of sp³-hybridized carbons (Fsp3) is 0.538. The van der Waals surface area contributed by atoms with Gasteiger partial charge in [-0.25, -0.2) is 9.78 Å². The number of aryl methyl sites for hydroxylation is 1. The Kier molecular flexibility index (Phi) is 4.84. The summed E-state index contributed by atoms with van der Waals surface area (Å²) >= 11 is 1.01. The van der Waals surface area contributed by atoms with Crippen LogP contribution in [0.25, 0.3) is 11.4 Å². The van der Waals surface area contributed by atoms with E-state index in [-0.39, 0.29) is 6.10 Å². The number of unbranched alkanes of at least 4 members (excludes halogenated alkanes) is 1. The van der Waals surface area contributed by atoms with Crippen molar-refractivity contribution in [2.24, 2.45) is 0 Å². The minimum atomic E-state index is -0.403. The van der Waals surface area contributed by atoms with Crippen molar-refractivity contribution >= 4 is 17.5 Å². The van der Waals surface area contributed by atoms with Crippen molar-refractivity contribution in [3.8, 4) is 11.4 Å². The highest BCUT2D eigenvalue weighted by Gasteiger charge is 2.22. The molecule has 0 aliphatic carbocycles. The fourth-order valence-electron chi connectivity index (χ4n) is 1.75. The molecule has 2 aromatic rings. The molecule has 108 valence electrons. The van der Waals surface area contributed by atoms with Gasteiger partial charge in [-0.2, -0.15) is 0 Å². The minimum Gasteiger partial charge on any atom is -0.458 e. The second-order valence-electron chi connectivity index (χ2n) is 4.56. The molecule has 0 N–H and O–H groups in total. The fourth-order valence-corrected chi connectivity index (χ4v) is 2.31. The first-order valence-corrected chi connectivity index (χ1v) is 7.35. The molecule has 6 nitrogen and oxygen atoms in total. The smallest absolute Gasteiger partial charge is 0.352 e. The van der Waals surface area contributed by atoms with Crippen molar-refractivity contribution in [3.63, 3.8) is 0 Å². The summed E-state index contributed by atoms with van der Waals surface area (Å²) in [6.45, 7) is 5.72. The molecule has 0 aromatic carbocycles. The molecule has 2 rings (SSSR count). The Hall–Kier alpha value is -1.76. The second kappa shape index (κ2) is 6.60. The van der Waals surface area contributed by atoms with Crippen LogP contribution in [0.5, 0.6) is 0 Å². The van der Waals surface area contributed by atoms with Crippen LogP contribution in [-0.4, -0.2) is 26.6 Å². The van der Waals surface area contributed by atoms with E-state index in [0.29, 0.717) is 22.2 Å². The number of rotatable bonds is 6. The van der Waals surface area contributed by atoms with Crippen molar-refractivity contribution in [1.29, 1.82) is 0 Å². The van der Waals surface area contributed by atoms with Gasteiger partial charge in [-0.15, -0.1) is 5.10 Å². The van der Waals surface area contributed by atoms with Gasteiger partial charge in [0.1, 0.15) is 17.7 Å². The topological polar surface area (TPSA) is 78.1 Å². The Balaban J connectivity index is 2.10. The van der Waals surface area contributed by atoms with Crippen LogP contribution in [0.3, 0.4) is 0 Å². The van der Waals surface area contributed by atoms with E-state index in [2.05, 4.69) is 21.5 Å². The number of hydrogen-bond donors (Lipinski definition) is 0. The molecule has 1 atom stereocenters. The van der Waals surface area contributed by atoms with Crippen molar-refractivity contribution in [3.05, 3.63) is 17.0 Å². The molecule has 2 heterocycles. The molecule has 0 saturated carbocycles. The SMILES string of the molecule is CCCC[C@@H](C)OC(=O)c1snnc1-c1coc(C)n1. The summed E-state index contributed by atoms with van der Waals surface area (Å²) in [7, 11) is 0. The molecule has 0 unspecified atom stereocenters. The summed E-state index contributed by atoms with van der Waals surface area (Å²) in [6.07, 6.45) is 4.31. The summed E-state index contributed by atoms with van der Waals surface area (Å²) in [5, 5.41) is 3.94. The lowest BCUT2D eigenvalue weighted by Gasteiger charge is -2.11. The minimum absolute atomic E-state index is 0.114. The molecule has 0 spiro atoms. The largest absolute Gasteiger partial charge is 0.458 e. The van der Waals surface area contributed by atoms with Crippen LogP contribution in [0.1, 0.15) is 48.7 Å². The maximum Gasteiger partial charge on any atom is 0.352 e. The number of esters is 1. The van der Waals surface area contributed by atoms with Crippen molar-refractivity contribution in [2.45, 2.75) is 46.1 Å². The lowest BCUT2D eigenvalue weighted by atomic mass is 10.2. The number of carbonyl (C=O) groups is 1. The van der Waals surface area contributed by atoms with Gasteiger partial charge in [0, 0.05) is 6.92 Å². The Morgan fingerprint density at radius 2 is 2.35 bits per heavy atom. The van der Waals surface area contributed by atoms with Crippen molar-refractivity contribution < 1.29 is 13.9 Å². The summed E-state index contributed by atoms with van der Waals surface area (Å²) < 4.78 is 14.3. The van der Waals surface area contributed by atoms with Gasteiger partial charge in [0.15, 0.2) is 10.8 Å². The number of carbonyl (C=O) groups excluding carboxylic acids is 1. The predicted molar refractivity (Wildman–Crippen MR) is 74.5 cm³/mol. The van der Waals surface area contributed by atoms with Gasteiger partial charge < -0.3 is 9.15 Å². The third-order valence-electron chi connectivity index (χ3n) is 2.81. The zero-order valence-corrected chi connectivity index (χ0v) is 12.6. The number of nitrogens with zero attached hydrogens (tertiary/aromatic N) is 3. The Bertz CT molecular complexity index is 579. The van der Waals surface area contributed by atoms with Crippen molar-refractivity contribution in [1.82, 2.24) is 14.6 Å². The molecule has 0 saturated heterocycles. The lowest BCUT2D eigenvalue weighted by molar-refractivity contribution is 0.0327. The van der Waals surface area contributed by atoms with Gasteiger partial charge in [-0.05, 0) is 24.9 Å². The molecule has 2 aromatic heterocycles. The van der Waals surface area contributed by atoms with Gasteiger partial charge in [0.05, 0.1) is 6.10 Å². The zero-order chi connectivity index (χ0) is 14.5. The van der Waals surface area contributed by atoms with Crippen LogP contribution in [0.15, 0.2) is 10.7 Å². The Morgan fingerprint density at radius 1 is 1.55 bits per heavy atom. The first-order valence-electron chi connectivity index (χ1n) is 6.57. The summed E-state index contributed by atoms with van der Waals surface area (Å²) in [4.78, 5) is 16.6. The lowest BCUT2D eigenvalue weighted by Crippen LogP contribution is -2.14. The zero-order valence-electron chi connectivity index (χ0n) is 11.8. The van der Waals surface area contributed by atoms with Gasteiger partial charge in [0.25, 0.3) is 0 Å². The van der Waals surface area contributed by atoms with Crippen LogP contribution in [0.4, 0.5) is 0 Å². The van der Waals surface area contributed by atoms with Crippen LogP contribution in [-0.2, 0) is 4.74 Å². The quantitative estimate of drug-likeness (QED) is 0.761. The third-order valence-corrected chi connectivity index (χ3v) is 3.51. The van der Waals surface area contributed by atoms with Gasteiger partial charge >= 0.3 is 5.97 Å².